The molecule has 0 aliphatic heterocycles. The summed E-state index contributed by atoms with van der Waals surface area (Å²) in [5.74, 6) is -0.363. The molecule has 0 fully saturated rings. The maximum atomic E-state index is 13.3. The van der Waals surface area contributed by atoms with Crippen molar-refractivity contribution >= 4 is 38.8 Å². The molecule has 12 heteroatoms. The quantitative estimate of drug-likeness (QED) is 0.322. The number of H-pyrrole nitrogens is 1. The molecule has 2 aromatic carbocycles. The Bertz CT molecular complexity index is 1560. The lowest BCUT2D eigenvalue weighted by Gasteiger charge is -2.07. The van der Waals surface area contributed by atoms with Gasteiger partial charge in [0.15, 0.2) is 11.0 Å². The summed E-state index contributed by atoms with van der Waals surface area (Å²) in [7, 11) is -3.90. The molecule has 0 aliphatic rings. The fourth-order valence-corrected chi connectivity index (χ4v) is 4.67. The van der Waals surface area contributed by atoms with Gasteiger partial charge in [-0.15, -0.1) is 10.2 Å². The lowest BCUT2D eigenvalue weighted by Crippen LogP contribution is -2.19. The standard InChI is InChI=1S/C24H22ClFN6O3S/c1-3-4-20-23(24(33)32(30-20)18-9-5-16(26)6-10-18)15(2)27-17-7-11-19(12-8-17)36(34,35)31-22-14-13-21(25)28-29-22/h5-14,30H,3-4H2,1-2H3,(H,29,31). The monoisotopic (exact) mass is 528 g/mol. The predicted octanol–water partition coefficient (Wildman–Crippen LogP) is 4.64. The molecule has 0 saturated carbocycles. The largest absolute Gasteiger partial charge is 0.294 e. The van der Waals surface area contributed by atoms with Crippen molar-refractivity contribution in [3.05, 3.63) is 93.2 Å². The number of aliphatic imine (C=N–C) groups is 1. The van der Waals surface area contributed by atoms with Gasteiger partial charge in [0, 0.05) is 5.69 Å². The van der Waals surface area contributed by atoms with E-state index in [1.54, 1.807) is 6.92 Å². The number of nitrogens with one attached hydrogen (secondary N) is 2. The van der Waals surface area contributed by atoms with Crippen LogP contribution in [0, 0.1) is 5.82 Å². The van der Waals surface area contributed by atoms with E-state index >= 15 is 0 Å². The van der Waals surface area contributed by atoms with Crippen LogP contribution in [0.1, 0.15) is 31.5 Å². The number of aromatic nitrogens is 4. The molecule has 0 saturated heterocycles. The number of hydrogen-bond acceptors (Lipinski definition) is 6. The van der Waals surface area contributed by atoms with E-state index in [-0.39, 0.29) is 21.4 Å². The van der Waals surface area contributed by atoms with Crippen molar-refractivity contribution in [2.75, 3.05) is 4.72 Å². The summed E-state index contributed by atoms with van der Waals surface area (Å²) in [6, 6.07) is 14.3. The second-order valence-electron chi connectivity index (χ2n) is 7.87. The molecule has 0 atom stereocenters. The molecule has 4 aromatic rings. The van der Waals surface area contributed by atoms with E-state index in [2.05, 4.69) is 25.0 Å². The van der Waals surface area contributed by atoms with Crippen LogP contribution in [-0.4, -0.2) is 34.1 Å². The summed E-state index contributed by atoms with van der Waals surface area (Å²) < 4.78 is 42.3. The van der Waals surface area contributed by atoms with Crippen LogP contribution >= 0.6 is 11.6 Å². The van der Waals surface area contributed by atoms with E-state index in [4.69, 9.17) is 11.6 Å². The minimum Gasteiger partial charge on any atom is -0.294 e. The average molecular weight is 529 g/mol. The summed E-state index contributed by atoms with van der Waals surface area (Å²) in [4.78, 5) is 17.8. The van der Waals surface area contributed by atoms with E-state index in [1.807, 2.05) is 6.92 Å². The minimum atomic E-state index is -3.90. The lowest BCUT2D eigenvalue weighted by molar-refractivity contribution is 0.601. The molecular weight excluding hydrogens is 507 g/mol. The van der Waals surface area contributed by atoms with Crippen LogP contribution in [0.3, 0.4) is 0 Å². The van der Waals surface area contributed by atoms with Gasteiger partial charge in [-0.25, -0.2) is 17.5 Å². The Labute approximate surface area is 211 Å². The molecule has 0 unspecified atom stereocenters. The normalized spacial score (nSPS) is 12.1. The van der Waals surface area contributed by atoms with Gasteiger partial charge in [0.25, 0.3) is 15.6 Å². The molecule has 4 rings (SSSR count). The van der Waals surface area contributed by atoms with E-state index < -0.39 is 15.8 Å². The van der Waals surface area contributed by atoms with Crippen LogP contribution in [-0.2, 0) is 16.4 Å². The molecule has 2 aromatic heterocycles. The summed E-state index contributed by atoms with van der Waals surface area (Å²) >= 11 is 5.68. The molecule has 0 amide bonds. The SMILES string of the molecule is CCCc1[nH]n(-c2ccc(F)cc2)c(=O)c1C(C)=Nc1ccc(S(=O)(=O)Nc2ccc(Cl)nn2)cc1. The first-order chi connectivity index (χ1) is 17.2. The van der Waals surface area contributed by atoms with Gasteiger partial charge in [0.1, 0.15) is 5.82 Å². The van der Waals surface area contributed by atoms with Gasteiger partial charge in [0.05, 0.1) is 27.5 Å². The number of hydrogen-bond donors (Lipinski definition) is 2. The highest BCUT2D eigenvalue weighted by Gasteiger charge is 2.18. The Morgan fingerprint density at radius 3 is 2.39 bits per heavy atom. The highest BCUT2D eigenvalue weighted by atomic mass is 35.5. The lowest BCUT2D eigenvalue weighted by atomic mass is 10.1. The first kappa shape index (κ1) is 25.3. The summed E-state index contributed by atoms with van der Waals surface area (Å²) in [6.07, 6.45) is 1.41. The van der Waals surface area contributed by atoms with Crippen LogP contribution in [0.2, 0.25) is 5.15 Å². The zero-order valence-corrected chi connectivity index (χ0v) is 20.9. The number of nitrogens with zero attached hydrogens (tertiary/aromatic N) is 4. The van der Waals surface area contributed by atoms with Gasteiger partial charge >= 0.3 is 0 Å². The number of aromatic amines is 1. The number of sulfonamides is 1. The highest BCUT2D eigenvalue weighted by Crippen LogP contribution is 2.21. The Morgan fingerprint density at radius 1 is 1.08 bits per heavy atom. The van der Waals surface area contributed by atoms with E-state index in [0.29, 0.717) is 34.8 Å². The summed E-state index contributed by atoms with van der Waals surface area (Å²) in [6.45, 7) is 3.71. The Balaban J connectivity index is 1.62. The molecule has 0 aliphatic carbocycles. The third kappa shape index (κ3) is 5.52. The second-order valence-corrected chi connectivity index (χ2v) is 9.94. The van der Waals surface area contributed by atoms with Crippen molar-refractivity contribution in [3.8, 4) is 5.69 Å². The molecule has 2 heterocycles. The number of anilines is 1. The van der Waals surface area contributed by atoms with Crippen molar-refractivity contribution < 1.29 is 12.8 Å². The Kier molecular flexibility index (Phi) is 7.32. The van der Waals surface area contributed by atoms with Crippen molar-refractivity contribution in [2.45, 2.75) is 31.6 Å². The Morgan fingerprint density at radius 2 is 1.78 bits per heavy atom. The second kappa shape index (κ2) is 10.4. The topological polar surface area (TPSA) is 122 Å². The van der Waals surface area contributed by atoms with Crippen LogP contribution in [0.4, 0.5) is 15.9 Å². The van der Waals surface area contributed by atoms with E-state index in [9.17, 15) is 17.6 Å². The van der Waals surface area contributed by atoms with E-state index in [1.165, 1.54) is 65.3 Å². The first-order valence-electron chi connectivity index (χ1n) is 11.0. The highest BCUT2D eigenvalue weighted by molar-refractivity contribution is 7.92. The van der Waals surface area contributed by atoms with Crippen molar-refractivity contribution in [1.82, 2.24) is 20.0 Å². The van der Waals surface area contributed by atoms with Gasteiger partial charge in [-0.2, -0.15) is 0 Å². The third-order valence-electron chi connectivity index (χ3n) is 5.23. The van der Waals surface area contributed by atoms with Crippen molar-refractivity contribution in [2.24, 2.45) is 4.99 Å². The van der Waals surface area contributed by atoms with Crippen LogP contribution in [0.15, 0.2) is 75.3 Å². The van der Waals surface area contributed by atoms with Gasteiger partial charge in [-0.1, -0.05) is 24.9 Å². The summed E-state index contributed by atoms with van der Waals surface area (Å²) in [5, 5.41) is 10.5. The Hall–Kier alpha value is -3.83. The molecule has 36 heavy (non-hydrogen) atoms. The fraction of sp³-hybridized carbons (Fsp3) is 0.167. The minimum absolute atomic E-state index is 0.00263. The smallest absolute Gasteiger partial charge is 0.280 e. The van der Waals surface area contributed by atoms with Gasteiger partial charge in [-0.3, -0.25) is 19.6 Å². The van der Waals surface area contributed by atoms with Gasteiger partial charge < -0.3 is 0 Å². The molecule has 2 N–H and O–H groups in total. The first-order valence-corrected chi connectivity index (χ1v) is 12.8. The predicted molar refractivity (Wildman–Crippen MR) is 137 cm³/mol. The average Bonchev–Trinajstić information content (AvgIpc) is 3.17. The number of benzene rings is 2. The summed E-state index contributed by atoms with van der Waals surface area (Å²) in [5.41, 5.74) is 2.25. The molecule has 0 radical (unpaired) electrons. The molecular formula is C24H22ClFN6O3S. The van der Waals surface area contributed by atoms with Crippen molar-refractivity contribution in [1.29, 1.82) is 0 Å². The number of rotatable bonds is 8. The zero-order valence-electron chi connectivity index (χ0n) is 19.4. The molecule has 0 bridgehead atoms. The number of halogens is 2. The zero-order chi connectivity index (χ0) is 25.9. The van der Waals surface area contributed by atoms with Crippen LogP contribution in [0.25, 0.3) is 5.69 Å². The maximum Gasteiger partial charge on any atom is 0.280 e. The molecule has 0 spiro atoms. The van der Waals surface area contributed by atoms with E-state index in [0.717, 1.165) is 6.42 Å². The third-order valence-corrected chi connectivity index (χ3v) is 6.80. The number of aryl methyl sites for hydroxylation is 1. The maximum absolute atomic E-state index is 13.3. The molecule has 9 nitrogen and oxygen atoms in total. The fourth-order valence-electron chi connectivity index (χ4n) is 3.57. The van der Waals surface area contributed by atoms with Gasteiger partial charge in [-0.05, 0) is 74.0 Å². The van der Waals surface area contributed by atoms with Crippen LogP contribution < -0.4 is 10.3 Å². The van der Waals surface area contributed by atoms with Crippen molar-refractivity contribution in [3.63, 3.8) is 0 Å². The molecule has 186 valence electrons. The van der Waals surface area contributed by atoms with Crippen LogP contribution in [0.5, 0.6) is 0 Å². The van der Waals surface area contributed by atoms with Gasteiger partial charge in [0.2, 0.25) is 0 Å².